The Hall–Kier alpha value is -2.77. The van der Waals surface area contributed by atoms with Gasteiger partial charge in [0.2, 0.25) is 17.6 Å². The van der Waals surface area contributed by atoms with Crippen LogP contribution in [0.25, 0.3) is 11.5 Å². The van der Waals surface area contributed by atoms with Crippen LogP contribution in [0.4, 0.5) is 0 Å². The molecule has 0 fully saturated rings. The summed E-state index contributed by atoms with van der Waals surface area (Å²) in [5, 5.41) is 15.1. The Balaban J connectivity index is 1.89. The van der Waals surface area contributed by atoms with Crippen LogP contribution in [0, 0.1) is 0 Å². The number of nitrogens with one attached hydrogen (secondary N) is 1. The zero-order chi connectivity index (χ0) is 15.9. The Kier molecular flexibility index (Phi) is 5.18. The summed E-state index contributed by atoms with van der Waals surface area (Å²) in [6.45, 7) is 1.69. The number of amides is 1. The standard InChI is InChI=1S/C14H16N4O4/c1-2-9(14(20)21)16-11(19)6-7-12-17-13(18-22-12)10-5-3-4-8-15-10/h3-5,8-9H,2,6-7H2,1H3,(H,16,19)(H,20,21). The minimum absolute atomic E-state index is 0.0770. The molecule has 1 unspecified atom stereocenters. The van der Waals surface area contributed by atoms with Gasteiger partial charge in [-0.2, -0.15) is 4.98 Å². The smallest absolute Gasteiger partial charge is 0.326 e. The lowest BCUT2D eigenvalue weighted by atomic mass is 10.2. The summed E-state index contributed by atoms with van der Waals surface area (Å²) < 4.78 is 5.05. The monoisotopic (exact) mass is 304 g/mol. The maximum atomic E-state index is 11.7. The van der Waals surface area contributed by atoms with E-state index >= 15 is 0 Å². The predicted molar refractivity (Wildman–Crippen MR) is 75.7 cm³/mol. The van der Waals surface area contributed by atoms with E-state index in [1.165, 1.54) is 0 Å². The largest absolute Gasteiger partial charge is 0.480 e. The minimum atomic E-state index is -1.05. The molecule has 0 radical (unpaired) electrons. The summed E-state index contributed by atoms with van der Waals surface area (Å²) in [7, 11) is 0. The van der Waals surface area contributed by atoms with Crippen LogP contribution >= 0.6 is 0 Å². The van der Waals surface area contributed by atoms with Gasteiger partial charge in [-0.3, -0.25) is 9.78 Å². The number of nitrogens with zero attached hydrogens (tertiary/aromatic N) is 3. The lowest BCUT2D eigenvalue weighted by Crippen LogP contribution is -2.40. The van der Waals surface area contributed by atoms with Crippen molar-refractivity contribution in [2.75, 3.05) is 0 Å². The molecular formula is C14H16N4O4. The second-order valence-electron chi connectivity index (χ2n) is 4.59. The quantitative estimate of drug-likeness (QED) is 0.784. The average molecular weight is 304 g/mol. The number of hydrogen-bond donors (Lipinski definition) is 2. The first-order chi connectivity index (χ1) is 10.6. The van der Waals surface area contributed by atoms with Crippen LogP contribution in [-0.2, 0) is 16.0 Å². The van der Waals surface area contributed by atoms with E-state index in [2.05, 4.69) is 20.4 Å². The van der Waals surface area contributed by atoms with Crippen LogP contribution in [0.15, 0.2) is 28.9 Å². The zero-order valence-electron chi connectivity index (χ0n) is 12.0. The highest BCUT2D eigenvalue weighted by atomic mass is 16.5. The molecule has 0 saturated heterocycles. The highest BCUT2D eigenvalue weighted by Crippen LogP contribution is 2.12. The van der Waals surface area contributed by atoms with Gasteiger partial charge in [-0.25, -0.2) is 4.79 Å². The Labute approximate surface area is 126 Å². The highest BCUT2D eigenvalue weighted by molar-refractivity contribution is 5.83. The molecule has 8 heteroatoms. The molecule has 8 nitrogen and oxygen atoms in total. The van der Waals surface area contributed by atoms with Crippen molar-refractivity contribution < 1.29 is 19.2 Å². The third kappa shape index (κ3) is 4.11. The molecule has 0 aliphatic heterocycles. The van der Waals surface area contributed by atoms with Gasteiger partial charge in [0, 0.05) is 19.0 Å². The molecule has 0 aliphatic carbocycles. The van der Waals surface area contributed by atoms with Gasteiger partial charge < -0.3 is 14.9 Å². The average Bonchev–Trinajstić information content (AvgIpc) is 3.00. The van der Waals surface area contributed by atoms with Gasteiger partial charge in [-0.1, -0.05) is 18.1 Å². The van der Waals surface area contributed by atoms with Crippen LogP contribution in [0.5, 0.6) is 0 Å². The fourth-order valence-corrected chi connectivity index (χ4v) is 1.78. The van der Waals surface area contributed by atoms with Gasteiger partial charge in [0.15, 0.2) is 0 Å². The second kappa shape index (κ2) is 7.30. The maximum Gasteiger partial charge on any atom is 0.326 e. The molecule has 0 saturated carbocycles. The van der Waals surface area contributed by atoms with E-state index in [0.717, 1.165) is 0 Å². The van der Waals surface area contributed by atoms with Crippen LogP contribution in [0.1, 0.15) is 25.7 Å². The first-order valence-electron chi connectivity index (χ1n) is 6.86. The van der Waals surface area contributed by atoms with Crippen LogP contribution in [0.3, 0.4) is 0 Å². The fourth-order valence-electron chi connectivity index (χ4n) is 1.78. The zero-order valence-corrected chi connectivity index (χ0v) is 12.0. The van der Waals surface area contributed by atoms with Gasteiger partial charge >= 0.3 is 5.97 Å². The van der Waals surface area contributed by atoms with Gasteiger partial charge in [-0.15, -0.1) is 0 Å². The van der Waals surface area contributed by atoms with E-state index in [0.29, 0.717) is 23.8 Å². The van der Waals surface area contributed by atoms with E-state index in [-0.39, 0.29) is 18.7 Å². The number of aryl methyl sites for hydroxylation is 1. The minimum Gasteiger partial charge on any atom is -0.480 e. The van der Waals surface area contributed by atoms with Crippen molar-refractivity contribution in [2.24, 2.45) is 0 Å². The summed E-state index contributed by atoms with van der Waals surface area (Å²) in [5.41, 5.74) is 0.582. The lowest BCUT2D eigenvalue weighted by Gasteiger charge is -2.11. The molecule has 2 heterocycles. The fraction of sp³-hybridized carbons (Fsp3) is 0.357. The molecule has 116 valence electrons. The van der Waals surface area contributed by atoms with Crippen LogP contribution < -0.4 is 5.32 Å². The number of carboxylic acid groups (broad SMARTS) is 1. The predicted octanol–water partition coefficient (Wildman–Crippen LogP) is 1.04. The first-order valence-corrected chi connectivity index (χ1v) is 6.86. The molecule has 0 bridgehead atoms. The Morgan fingerprint density at radius 2 is 2.23 bits per heavy atom. The number of pyridine rings is 1. The summed E-state index contributed by atoms with van der Waals surface area (Å²) in [6, 6.07) is 4.46. The van der Waals surface area contributed by atoms with E-state index in [9.17, 15) is 9.59 Å². The molecule has 2 aromatic heterocycles. The number of carboxylic acids is 1. The normalized spacial score (nSPS) is 11.9. The van der Waals surface area contributed by atoms with Crippen molar-refractivity contribution >= 4 is 11.9 Å². The third-order valence-corrected chi connectivity index (χ3v) is 2.97. The SMILES string of the molecule is CCC(NC(=O)CCc1nc(-c2ccccn2)no1)C(=O)O. The number of hydrogen-bond acceptors (Lipinski definition) is 6. The number of carbonyl (C=O) groups excluding carboxylic acids is 1. The molecule has 0 aliphatic rings. The van der Waals surface area contributed by atoms with Crippen molar-refractivity contribution in [2.45, 2.75) is 32.2 Å². The number of carbonyl (C=O) groups is 2. The summed E-state index contributed by atoms with van der Waals surface area (Å²) in [5.74, 6) is -0.759. The van der Waals surface area contributed by atoms with Crippen molar-refractivity contribution in [3.63, 3.8) is 0 Å². The van der Waals surface area contributed by atoms with Crippen LogP contribution in [-0.4, -0.2) is 38.1 Å². The molecule has 1 atom stereocenters. The number of rotatable bonds is 7. The lowest BCUT2D eigenvalue weighted by molar-refractivity contribution is -0.141. The first kappa shape index (κ1) is 15.6. The number of aromatic nitrogens is 3. The van der Waals surface area contributed by atoms with E-state index < -0.39 is 12.0 Å². The number of aliphatic carboxylic acids is 1. The molecule has 1 amide bonds. The van der Waals surface area contributed by atoms with Gasteiger partial charge in [0.1, 0.15) is 11.7 Å². The van der Waals surface area contributed by atoms with Crippen LogP contribution in [0.2, 0.25) is 0 Å². The second-order valence-corrected chi connectivity index (χ2v) is 4.59. The van der Waals surface area contributed by atoms with Gasteiger partial charge in [-0.05, 0) is 18.6 Å². The molecule has 2 aromatic rings. The third-order valence-electron chi connectivity index (χ3n) is 2.97. The molecule has 2 N–H and O–H groups in total. The van der Waals surface area contributed by atoms with Gasteiger partial charge in [0.25, 0.3) is 0 Å². The summed E-state index contributed by atoms with van der Waals surface area (Å²) in [6.07, 6.45) is 2.26. The highest BCUT2D eigenvalue weighted by Gasteiger charge is 2.18. The molecule has 0 aromatic carbocycles. The van der Waals surface area contributed by atoms with Crippen molar-refractivity contribution in [1.29, 1.82) is 0 Å². The molecule has 2 rings (SSSR count). The molecular weight excluding hydrogens is 288 g/mol. The van der Waals surface area contributed by atoms with E-state index in [4.69, 9.17) is 9.63 Å². The summed E-state index contributed by atoms with van der Waals surface area (Å²) in [4.78, 5) is 30.8. The van der Waals surface area contributed by atoms with Crippen molar-refractivity contribution in [3.8, 4) is 11.5 Å². The Bertz CT molecular complexity index is 641. The topological polar surface area (TPSA) is 118 Å². The maximum absolute atomic E-state index is 11.7. The van der Waals surface area contributed by atoms with Crippen molar-refractivity contribution in [3.05, 3.63) is 30.3 Å². The Morgan fingerprint density at radius 3 is 2.86 bits per heavy atom. The van der Waals surface area contributed by atoms with E-state index in [1.807, 2.05) is 6.07 Å². The van der Waals surface area contributed by atoms with Gasteiger partial charge in [0.05, 0.1) is 0 Å². The van der Waals surface area contributed by atoms with E-state index in [1.54, 1.807) is 25.3 Å². The molecule has 0 spiro atoms. The Morgan fingerprint density at radius 1 is 1.41 bits per heavy atom. The van der Waals surface area contributed by atoms with Crippen molar-refractivity contribution in [1.82, 2.24) is 20.4 Å². The summed E-state index contributed by atoms with van der Waals surface area (Å²) >= 11 is 0. The molecule has 22 heavy (non-hydrogen) atoms.